The smallest absolute Gasteiger partial charge is 0.387 e. The Kier molecular flexibility index (Phi) is 6.78. The Morgan fingerprint density at radius 2 is 1.68 bits per heavy atom. The van der Waals surface area contributed by atoms with E-state index >= 15 is 0 Å². The Hall–Kier alpha value is -3.43. The third-order valence-electron chi connectivity index (χ3n) is 6.88. The predicted molar refractivity (Wildman–Crippen MR) is 155 cm³/mol. The van der Waals surface area contributed by atoms with E-state index in [2.05, 4.69) is 20.1 Å². The van der Waals surface area contributed by atoms with Crippen LogP contribution >= 0.6 is 0 Å². The molecule has 0 unspecified atom stereocenters. The van der Waals surface area contributed by atoms with Crippen LogP contribution in [0.3, 0.4) is 0 Å². The quantitative estimate of drug-likeness (QED) is 0.325. The fourth-order valence-electron chi connectivity index (χ4n) is 4.50. The van der Waals surface area contributed by atoms with Crippen molar-refractivity contribution in [1.29, 1.82) is 0 Å². The van der Waals surface area contributed by atoms with Crippen LogP contribution in [0.5, 0.6) is 11.5 Å². The molecule has 1 N–H and O–H groups in total. The van der Waals surface area contributed by atoms with Crippen molar-refractivity contribution < 1.29 is 23.0 Å². The highest BCUT2D eigenvalue weighted by Crippen LogP contribution is 2.74. The van der Waals surface area contributed by atoms with Crippen LogP contribution in [0.4, 0.5) is 8.78 Å². The maximum atomic E-state index is 13.6. The van der Waals surface area contributed by atoms with Gasteiger partial charge in [-0.05, 0) is 28.4 Å². The Bertz CT molecular complexity index is 1660. The monoisotopic (exact) mass is 533 g/mol. The highest BCUT2D eigenvalue weighted by Gasteiger charge is 2.71. The van der Waals surface area contributed by atoms with Gasteiger partial charge in [0.05, 0.1) is 54.3 Å². The summed E-state index contributed by atoms with van der Waals surface area (Å²) in [5, 5.41) is 0.158. The maximum absolute atomic E-state index is 13.6. The molecule has 2 heterocycles. The molecule has 1 amide bonds. The summed E-state index contributed by atoms with van der Waals surface area (Å²) in [5.74, 6) is -2.27. The second-order valence-electron chi connectivity index (χ2n) is 9.87. The number of hydrogen-bond acceptors (Lipinski definition) is 5. The molecule has 0 spiro atoms. The number of imidazole rings is 1. The lowest BCUT2D eigenvalue weighted by Crippen LogP contribution is -2.44. The highest BCUT2D eigenvalue weighted by atomic mass is 19.3. The minimum absolute atomic E-state index is 0.168. The molecule has 0 aliphatic heterocycles. The molecule has 16 radical (unpaired) electrons. The Labute approximate surface area is 245 Å². The Morgan fingerprint density at radius 1 is 1.02 bits per heavy atom. The molecule has 1 fully saturated rings. The summed E-state index contributed by atoms with van der Waals surface area (Å²) >= 11 is 0. The Morgan fingerprint density at radius 3 is 2.24 bits per heavy atom. The number of benzene rings is 2. The van der Waals surface area contributed by atoms with Gasteiger partial charge in [0.2, 0.25) is 0 Å². The number of amides is 1. The first-order valence-electron chi connectivity index (χ1n) is 11.9. The number of alkyl halides is 2. The van der Waals surface area contributed by atoms with Gasteiger partial charge in [-0.2, -0.15) is 13.9 Å². The van der Waals surface area contributed by atoms with Gasteiger partial charge in [-0.15, -0.1) is 0 Å². The van der Waals surface area contributed by atoms with Crippen molar-refractivity contribution in [3.8, 4) is 28.3 Å². The molecule has 1 aliphatic rings. The maximum Gasteiger partial charge on any atom is 0.387 e. The van der Waals surface area contributed by atoms with Crippen LogP contribution in [-0.4, -0.2) is 105 Å². The van der Waals surface area contributed by atoms with Crippen LogP contribution in [0, 0.1) is 0 Å². The second-order valence-corrected chi connectivity index (χ2v) is 9.87. The molecule has 4 aromatic rings. The molecule has 2 aromatic heterocycles. The molecular formula is C23H13B8F2N5O3. The van der Waals surface area contributed by atoms with Crippen molar-refractivity contribution in [3.05, 3.63) is 54.6 Å². The summed E-state index contributed by atoms with van der Waals surface area (Å²) < 4.78 is 40.4. The third kappa shape index (κ3) is 4.89. The van der Waals surface area contributed by atoms with Crippen LogP contribution in [0.15, 0.2) is 49.1 Å². The standard InChI is InChI=1S/C23H13B8F2N5O3/c1-37-8-11(7-35-37)10-2-3-14-13(4-10)34-9-38(14)12-5-15(40-19(32)33)17(16(6-12)41-23(29,30)31)18(39)36-22(28)20(24,25)21(22,26)27/h2-9,19H,1H3,(H,36,39). The average Bonchev–Trinajstić information content (AvgIpc) is 3.35. The molecule has 2 aromatic carbocycles. The number of aromatic nitrogens is 4. The SMILES string of the molecule is [B]C([B])([B])Oc1cc(-n2cnc3cc(-c4cnn(C)c4)ccc32)cc(OC(F)F)c1C(=O)NC1([B])C([B])([B])C1([B])[B]. The summed E-state index contributed by atoms with van der Waals surface area (Å²) in [4.78, 5) is 17.8. The van der Waals surface area contributed by atoms with Crippen molar-refractivity contribution in [3.63, 3.8) is 0 Å². The van der Waals surface area contributed by atoms with Crippen molar-refractivity contribution in [2.24, 2.45) is 7.05 Å². The number of carbonyl (C=O) groups excluding carboxylic acids is 1. The molecule has 186 valence electrons. The summed E-state index contributed by atoms with van der Waals surface area (Å²) in [6, 6.07) is 7.80. The fourth-order valence-corrected chi connectivity index (χ4v) is 4.50. The van der Waals surface area contributed by atoms with E-state index in [4.69, 9.17) is 67.5 Å². The lowest BCUT2D eigenvalue weighted by molar-refractivity contribution is -0.0502. The lowest BCUT2D eigenvalue weighted by Gasteiger charge is -2.28. The van der Waals surface area contributed by atoms with Gasteiger partial charge in [-0.25, -0.2) is 4.98 Å². The molecule has 0 bridgehead atoms. The second kappa shape index (κ2) is 9.56. The van der Waals surface area contributed by atoms with Crippen LogP contribution in [0.25, 0.3) is 27.8 Å². The zero-order valence-corrected chi connectivity index (χ0v) is 21.6. The van der Waals surface area contributed by atoms with E-state index < -0.39 is 50.7 Å². The van der Waals surface area contributed by atoms with Gasteiger partial charge < -0.3 is 14.8 Å². The van der Waals surface area contributed by atoms with Gasteiger partial charge in [0.15, 0.2) is 0 Å². The van der Waals surface area contributed by atoms with E-state index in [-0.39, 0.29) is 5.69 Å². The number of nitrogens with zero attached hydrogens (tertiary/aromatic N) is 4. The van der Waals surface area contributed by atoms with Crippen molar-refractivity contribution in [2.75, 3.05) is 0 Å². The molecule has 1 aliphatic carbocycles. The number of hydrogen-bond donors (Lipinski definition) is 1. The zero-order chi connectivity index (χ0) is 30.1. The average molecular weight is 532 g/mol. The van der Waals surface area contributed by atoms with Crippen LogP contribution in [0.1, 0.15) is 10.4 Å². The van der Waals surface area contributed by atoms with E-state index in [0.29, 0.717) is 11.0 Å². The van der Waals surface area contributed by atoms with E-state index in [9.17, 15) is 13.6 Å². The molecular weight excluding hydrogens is 519 g/mol. The van der Waals surface area contributed by atoms with Gasteiger partial charge >= 0.3 is 6.61 Å². The lowest BCUT2D eigenvalue weighted by atomic mass is 9.49. The van der Waals surface area contributed by atoms with E-state index in [1.54, 1.807) is 24.0 Å². The van der Waals surface area contributed by atoms with Crippen molar-refractivity contribution in [2.45, 2.75) is 27.8 Å². The number of aryl methyl sites for hydroxylation is 1. The zero-order valence-electron chi connectivity index (χ0n) is 21.6. The molecule has 18 heteroatoms. The van der Waals surface area contributed by atoms with Crippen molar-refractivity contribution in [1.82, 2.24) is 24.6 Å². The van der Waals surface area contributed by atoms with Gasteiger partial charge in [-0.3, -0.25) is 14.0 Å². The number of ether oxygens (including phenoxy) is 2. The first-order chi connectivity index (χ1) is 18.9. The first kappa shape index (κ1) is 29.1. The summed E-state index contributed by atoms with van der Waals surface area (Å²) in [7, 11) is 48.0. The minimum Gasteiger partial charge on any atom is -0.515 e. The Balaban J connectivity index is 1.63. The molecule has 8 nitrogen and oxygen atoms in total. The molecule has 41 heavy (non-hydrogen) atoms. The summed E-state index contributed by atoms with van der Waals surface area (Å²) in [5.41, 5.74) is 0.324. The largest absolute Gasteiger partial charge is 0.515 e. The summed E-state index contributed by atoms with van der Waals surface area (Å²) in [6.45, 7) is -3.37. The normalized spacial score (nSPS) is 16.9. The van der Waals surface area contributed by atoms with Crippen LogP contribution < -0.4 is 14.8 Å². The van der Waals surface area contributed by atoms with Gasteiger partial charge in [0, 0.05) is 30.9 Å². The molecule has 0 atom stereocenters. The van der Waals surface area contributed by atoms with Crippen LogP contribution in [0.2, 0.25) is 10.4 Å². The third-order valence-corrected chi connectivity index (χ3v) is 6.88. The minimum atomic E-state index is -3.37. The van der Waals surface area contributed by atoms with E-state index in [0.717, 1.165) is 17.2 Å². The number of nitrogens with one attached hydrogen (secondary N) is 1. The number of halogens is 2. The molecule has 0 saturated heterocycles. The number of carbonyl (C=O) groups is 1. The van der Waals surface area contributed by atoms with Crippen LogP contribution in [-0.2, 0) is 7.05 Å². The van der Waals surface area contributed by atoms with Crippen molar-refractivity contribution >= 4 is 79.7 Å². The molecule has 1 saturated carbocycles. The van der Waals surface area contributed by atoms with E-state index in [1.165, 1.54) is 17.0 Å². The number of rotatable bonds is 8. The predicted octanol–water partition coefficient (Wildman–Crippen LogP) is 0.0376. The van der Waals surface area contributed by atoms with Gasteiger partial charge in [-0.1, -0.05) is 16.5 Å². The summed E-state index contributed by atoms with van der Waals surface area (Å²) in [6.07, 6.45) is 4.96. The first-order valence-corrected chi connectivity index (χ1v) is 11.9. The molecule has 5 rings (SSSR count). The highest BCUT2D eigenvalue weighted by molar-refractivity contribution is 6.67. The van der Waals surface area contributed by atoms with Gasteiger partial charge in [0.1, 0.15) is 54.8 Å². The van der Waals surface area contributed by atoms with Gasteiger partial charge in [0.25, 0.3) is 5.91 Å². The number of fused-ring (bicyclic) bond motifs is 1. The topological polar surface area (TPSA) is 83.2 Å². The van der Waals surface area contributed by atoms with E-state index in [1.807, 2.05) is 18.3 Å². The fraction of sp³-hybridized carbons (Fsp3) is 0.261.